The average Bonchev–Trinajstić information content (AvgIpc) is 2.91. The van der Waals surface area contributed by atoms with Crippen molar-refractivity contribution in [2.24, 2.45) is 5.92 Å². The third kappa shape index (κ3) is 3.48. The molecule has 2 saturated heterocycles. The van der Waals surface area contributed by atoms with E-state index < -0.39 is 5.24 Å². The lowest BCUT2D eigenvalue weighted by Crippen LogP contribution is -2.35. The summed E-state index contributed by atoms with van der Waals surface area (Å²) in [7, 11) is 0. The Bertz CT molecular complexity index is 555. The van der Waals surface area contributed by atoms with Crippen LogP contribution in [0.25, 0.3) is 0 Å². The van der Waals surface area contributed by atoms with Gasteiger partial charge < -0.3 is 9.64 Å². The first kappa shape index (κ1) is 15.5. The van der Waals surface area contributed by atoms with Gasteiger partial charge in [0.05, 0.1) is 19.1 Å². The highest BCUT2D eigenvalue weighted by Gasteiger charge is 2.34. The van der Waals surface area contributed by atoms with Gasteiger partial charge in [0.1, 0.15) is 0 Å². The highest BCUT2D eigenvalue weighted by molar-refractivity contribution is 6.64. The second kappa shape index (κ2) is 6.77. The Kier molecular flexibility index (Phi) is 4.76. The number of benzene rings is 1. The van der Waals surface area contributed by atoms with Crippen molar-refractivity contribution in [1.82, 2.24) is 4.90 Å². The Morgan fingerprint density at radius 3 is 2.50 bits per heavy atom. The molecule has 2 aliphatic rings. The molecule has 0 bridgehead atoms. The topological polar surface area (TPSA) is 49.9 Å². The van der Waals surface area contributed by atoms with Gasteiger partial charge in [0.2, 0.25) is 11.1 Å². The van der Waals surface area contributed by atoms with Gasteiger partial charge in [-0.05, 0) is 29.3 Å². The molecular weight excluding hydrogens is 304 g/mol. The third-order valence-electron chi connectivity index (χ3n) is 4.20. The SMILES string of the molecule is O=C(Cl)C1CC(=O)N(c2ccc(CN3CCOCC3)cc2)C1. The largest absolute Gasteiger partial charge is 0.379 e. The molecule has 0 spiro atoms. The summed E-state index contributed by atoms with van der Waals surface area (Å²) >= 11 is 5.50. The molecule has 1 atom stereocenters. The maximum Gasteiger partial charge on any atom is 0.227 e. The zero-order chi connectivity index (χ0) is 15.5. The summed E-state index contributed by atoms with van der Waals surface area (Å²) in [6, 6.07) is 7.95. The van der Waals surface area contributed by atoms with E-state index in [1.54, 1.807) is 4.90 Å². The lowest BCUT2D eigenvalue weighted by molar-refractivity contribution is -0.120. The van der Waals surface area contributed by atoms with Gasteiger partial charge in [0.25, 0.3) is 0 Å². The van der Waals surface area contributed by atoms with Crippen molar-refractivity contribution in [3.8, 4) is 0 Å². The second-order valence-electron chi connectivity index (χ2n) is 5.76. The van der Waals surface area contributed by atoms with Gasteiger partial charge in [-0.25, -0.2) is 0 Å². The van der Waals surface area contributed by atoms with Crippen molar-refractivity contribution >= 4 is 28.4 Å². The summed E-state index contributed by atoms with van der Waals surface area (Å²) in [4.78, 5) is 27.2. The minimum absolute atomic E-state index is 0.0417. The van der Waals surface area contributed by atoms with Crippen LogP contribution in [0.2, 0.25) is 0 Å². The normalized spacial score (nSPS) is 23.0. The molecule has 5 nitrogen and oxygen atoms in total. The monoisotopic (exact) mass is 322 g/mol. The van der Waals surface area contributed by atoms with Crippen LogP contribution < -0.4 is 4.90 Å². The first-order valence-electron chi connectivity index (χ1n) is 7.52. The van der Waals surface area contributed by atoms with Crippen LogP contribution in [0, 0.1) is 5.92 Å². The number of halogens is 1. The fourth-order valence-corrected chi connectivity index (χ4v) is 3.05. The van der Waals surface area contributed by atoms with E-state index in [9.17, 15) is 9.59 Å². The van der Waals surface area contributed by atoms with Gasteiger partial charge >= 0.3 is 0 Å². The predicted molar refractivity (Wildman–Crippen MR) is 83.9 cm³/mol. The van der Waals surface area contributed by atoms with Crippen molar-refractivity contribution in [3.05, 3.63) is 29.8 Å². The minimum atomic E-state index is -0.431. The summed E-state index contributed by atoms with van der Waals surface area (Å²) < 4.78 is 5.34. The molecule has 2 fully saturated rings. The number of amides is 1. The lowest BCUT2D eigenvalue weighted by Gasteiger charge is -2.26. The Balaban J connectivity index is 1.64. The molecule has 1 unspecified atom stereocenters. The second-order valence-corrected chi connectivity index (χ2v) is 6.14. The number of ether oxygens (including phenoxy) is 1. The van der Waals surface area contributed by atoms with E-state index in [1.165, 1.54) is 5.56 Å². The first-order chi connectivity index (χ1) is 10.6. The molecule has 1 aromatic rings. The summed E-state index contributed by atoms with van der Waals surface area (Å²) in [5.41, 5.74) is 2.04. The van der Waals surface area contributed by atoms with E-state index >= 15 is 0 Å². The molecular formula is C16H19ClN2O3. The zero-order valence-electron chi connectivity index (χ0n) is 12.3. The third-order valence-corrected chi connectivity index (χ3v) is 4.51. The van der Waals surface area contributed by atoms with Gasteiger partial charge in [-0.2, -0.15) is 0 Å². The molecule has 0 aliphatic carbocycles. The quantitative estimate of drug-likeness (QED) is 0.791. The van der Waals surface area contributed by atoms with Crippen molar-refractivity contribution in [3.63, 3.8) is 0 Å². The van der Waals surface area contributed by atoms with Crippen LogP contribution >= 0.6 is 11.6 Å². The first-order valence-corrected chi connectivity index (χ1v) is 7.90. The number of carbonyl (C=O) groups excluding carboxylic acids is 2. The fraction of sp³-hybridized carbons (Fsp3) is 0.500. The lowest BCUT2D eigenvalue weighted by atomic mass is 10.1. The van der Waals surface area contributed by atoms with Crippen LogP contribution in [0.1, 0.15) is 12.0 Å². The maximum atomic E-state index is 12.0. The van der Waals surface area contributed by atoms with Crippen molar-refractivity contribution < 1.29 is 14.3 Å². The van der Waals surface area contributed by atoms with E-state index in [4.69, 9.17) is 16.3 Å². The van der Waals surface area contributed by atoms with Gasteiger partial charge in [0, 0.05) is 38.3 Å². The summed E-state index contributed by atoms with van der Waals surface area (Å²) in [5.74, 6) is -0.429. The van der Waals surface area contributed by atoms with Crippen LogP contribution in [-0.4, -0.2) is 48.9 Å². The number of hydrogen-bond donors (Lipinski definition) is 0. The Labute approximate surface area is 134 Å². The Hall–Kier alpha value is -1.43. The van der Waals surface area contributed by atoms with Crippen LogP contribution in [-0.2, 0) is 20.9 Å². The van der Waals surface area contributed by atoms with E-state index in [0.717, 1.165) is 38.5 Å². The van der Waals surface area contributed by atoms with E-state index in [-0.39, 0.29) is 18.2 Å². The van der Waals surface area contributed by atoms with Crippen LogP contribution in [0.4, 0.5) is 5.69 Å². The van der Waals surface area contributed by atoms with Gasteiger partial charge in [-0.1, -0.05) is 12.1 Å². The molecule has 2 heterocycles. The van der Waals surface area contributed by atoms with Crippen LogP contribution in [0.15, 0.2) is 24.3 Å². The summed E-state index contributed by atoms with van der Waals surface area (Å²) in [6.45, 7) is 4.74. The average molecular weight is 323 g/mol. The number of anilines is 1. The van der Waals surface area contributed by atoms with Crippen LogP contribution in [0.3, 0.4) is 0 Å². The molecule has 2 aliphatic heterocycles. The molecule has 3 rings (SSSR count). The molecule has 6 heteroatoms. The molecule has 0 N–H and O–H groups in total. The molecule has 118 valence electrons. The highest BCUT2D eigenvalue weighted by atomic mass is 35.5. The molecule has 22 heavy (non-hydrogen) atoms. The zero-order valence-corrected chi connectivity index (χ0v) is 13.1. The standard InChI is InChI=1S/C16H19ClN2O3/c17-16(21)13-9-15(20)19(11-13)14-3-1-12(2-4-14)10-18-5-7-22-8-6-18/h1-4,13H,5-11H2. The van der Waals surface area contributed by atoms with Crippen molar-refractivity contribution in [1.29, 1.82) is 0 Å². The number of nitrogens with zero attached hydrogens (tertiary/aromatic N) is 2. The maximum absolute atomic E-state index is 12.0. The minimum Gasteiger partial charge on any atom is -0.379 e. The summed E-state index contributed by atoms with van der Waals surface area (Å²) in [6.07, 6.45) is 0.206. The molecule has 1 amide bonds. The Morgan fingerprint density at radius 1 is 1.23 bits per heavy atom. The number of carbonyl (C=O) groups is 2. The molecule has 0 saturated carbocycles. The number of morpholine rings is 1. The molecule has 0 radical (unpaired) electrons. The number of hydrogen-bond acceptors (Lipinski definition) is 4. The number of rotatable bonds is 4. The predicted octanol–water partition coefficient (Wildman–Crippen LogP) is 1.64. The fourth-order valence-electron chi connectivity index (χ4n) is 2.91. The Morgan fingerprint density at radius 2 is 1.91 bits per heavy atom. The van der Waals surface area contributed by atoms with Gasteiger partial charge in [0.15, 0.2) is 0 Å². The van der Waals surface area contributed by atoms with Crippen LogP contribution in [0.5, 0.6) is 0 Å². The van der Waals surface area contributed by atoms with Crippen molar-refractivity contribution in [2.75, 3.05) is 37.7 Å². The smallest absolute Gasteiger partial charge is 0.227 e. The van der Waals surface area contributed by atoms with Gasteiger partial charge in [-0.3, -0.25) is 14.5 Å². The van der Waals surface area contributed by atoms with Crippen molar-refractivity contribution in [2.45, 2.75) is 13.0 Å². The molecule has 1 aromatic carbocycles. The molecule has 0 aromatic heterocycles. The highest BCUT2D eigenvalue weighted by Crippen LogP contribution is 2.26. The van der Waals surface area contributed by atoms with Gasteiger partial charge in [-0.15, -0.1) is 0 Å². The summed E-state index contributed by atoms with van der Waals surface area (Å²) in [5, 5.41) is -0.431. The van der Waals surface area contributed by atoms with E-state index in [0.29, 0.717) is 6.54 Å². The van der Waals surface area contributed by atoms with E-state index in [1.807, 2.05) is 24.3 Å². The van der Waals surface area contributed by atoms with E-state index in [2.05, 4.69) is 4.90 Å².